The molecular weight excluding hydrogens is 1290 g/mol. The van der Waals surface area contributed by atoms with Crippen molar-refractivity contribution in [3.05, 3.63) is 364 Å². The first-order valence-corrected chi connectivity index (χ1v) is 35.6. The summed E-state index contributed by atoms with van der Waals surface area (Å²) in [6, 6.07) is 127. The summed E-state index contributed by atoms with van der Waals surface area (Å²) in [5, 5.41) is 2.08. The molecule has 0 radical (unpaired) electrons. The van der Waals surface area contributed by atoms with Gasteiger partial charge in [-0.2, -0.15) is 0 Å². The highest BCUT2D eigenvalue weighted by molar-refractivity contribution is 7.00. The van der Waals surface area contributed by atoms with Crippen LogP contribution in [0.4, 0.5) is 34.1 Å². The van der Waals surface area contributed by atoms with Gasteiger partial charge < -0.3 is 14.4 Å². The molecule has 14 aromatic carbocycles. The van der Waals surface area contributed by atoms with Gasteiger partial charge in [0.2, 0.25) is 0 Å². The minimum absolute atomic E-state index is 0.0431. The number of hydrogen-bond donors (Lipinski definition) is 0. The van der Waals surface area contributed by atoms with Gasteiger partial charge in [0.15, 0.2) is 40.8 Å². The lowest BCUT2D eigenvalue weighted by Gasteiger charge is -2.45. The van der Waals surface area contributed by atoms with Crippen LogP contribution in [0.15, 0.2) is 364 Å². The maximum Gasteiger partial charge on any atom is 0.252 e. The number of para-hydroxylation sites is 5. The Labute approximate surface area is 612 Å². The van der Waals surface area contributed by atoms with E-state index in [0.29, 0.717) is 46.5 Å². The monoisotopic (exact) mass is 1350 g/mol. The molecule has 0 fully saturated rings. The summed E-state index contributed by atoms with van der Waals surface area (Å²) in [4.78, 5) is 47.3. The van der Waals surface area contributed by atoms with Crippen LogP contribution >= 0.6 is 0 Å². The SMILES string of the molecule is c1ccc(-c2cc(-c3cc(-c4nc(-c5ccccc5)nc(-c5ccccc5)n4)ccc3-n3c4ccccc4c4cc(-c5nc(-c6ccccc6)nc(-c6ccccc6)n5)ccc43)nc(-c3ccc(-c4ccc5c6c4N(c4ccccc4)c4ccccc4B6c4ccccc4N5c4ccccc4)cc3)n2)cc1. The lowest BCUT2D eigenvalue weighted by atomic mass is 9.33. The lowest BCUT2D eigenvalue weighted by molar-refractivity contribution is 1.07. The molecule has 20 rings (SSSR count). The largest absolute Gasteiger partial charge is 0.311 e. The molecule has 0 amide bonds. The van der Waals surface area contributed by atoms with Crippen molar-refractivity contribution < 1.29 is 0 Å². The second-order valence-electron chi connectivity index (χ2n) is 26.6. The van der Waals surface area contributed by atoms with Gasteiger partial charge in [-0.15, -0.1) is 0 Å². The molecule has 0 saturated carbocycles. The van der Waals surface area contributed by atoms with Crippen LogP contribution in [0.5, 0.6) is 0 Å². The van der Waals surface area contributed by atoms with E-state index in [1.165, 1.54) is 22.1 Å². The highest BCUT2D eigenvalue weighted by atomic mass is 15.2. The van der Waals surface area contributed by atoms with Gasteiger partial charge in [0.1, 0.15) is 0 Å². The number of hydrogen-bond acceptors (Lipinski definition) is 10. The molecule has 494 valence electrons. The Morgan fingerprint density at radius 3 is 1.14 bits per heavy atom. The molecule has 106 heavy (non-hydrogen) atoms. The molecule has 18 aromatic rings. The summed E-state index contributed by atoms with van der Waals surface area (Å²) >= 11 is 0. The average Bonchev–Trinajstić information content (AvgIpc) is 0.820. The van der Waals surface area contributed by atoms with Crippen molar-refractivity contribution in [3.63, 3.8) is 0 Å². The molecule has 12 heteroatoms. The number of fused-ring (bicyclic) bond motifs is 7. The topological polar surface area (TPSA) is 115 Å². The van der Waals surface area contributed by atoms with Gasteiger partial charge in [-0.3, -0.25) is 0 Å². The third-order valence-electron chi connectivity index (χ3n) is 20.3. The van der Waals surface area contributed by atoms with E-state index in [9.17, 15) is 0 Å². The number of nitrogens with zero attached hydrogens (tertiary/aromatic N) is 11. The minimum atomic E-state index is -0.0431. The van der Waals surface area contributed by atoms with Crippen LogP contribution in [0.1, 0.15) is 0 Å². The van der Waals surface area contributed by atoms with Gasteiger partial charge in [0, 0.05) is 94.8 Å². The first kappa shape index (κ1) is 61.5. The predicted octanol–water partition coefficient (Wildman–Crippen LogP) is 20.7. The van der Waals surface area contributed by atoms with Crippen molar-refractivity contribution >= 4 is 79.0 Å². The molecule has 4 aromatic heterocycles. The molecule has 2 aliphatic heterocycles. The molecule has 0 spiro atoms. The van der Waals surface area contributed by atoms with Crippen molar-refractivity contribution in [2.75, 3.05) is 9.80 Å². The van der Waals surface area contributed by atoms with Crippen molar-refractivity contribution in [2.45, 2.75) is 0 Å². The zero-order chi connectivity index (χ0) is 70.0. The fraction of sp³-hybridized carbons (Fsp3) is 0. The summed E-state index contributed by atoms with van der Waals surface area (Å²) < 4.78 is 2.35. The van der Waals surface area contributed by atoms with Gasteiger partial charge in [-0.05, 0) is 113 Å². The molecule has 6 heterocycles. The molecule has 0 aliphatic carbocycles. The van der Waals surface area contributed by atoms with Crippen molar-refractivity contribution in [1.29, 1.82) is 0 Å². The molecular formula is C94H60BN11. The van der Waals surface area contributed by atoms with Gasteiger partial charge in [0.25, 0.3) is 6.71 Å². The van der Waals surface area contributed by atoms with Crippen LogP contribution in [-0.4, -0.2) is 51.2 Å². The van der Waals surface area contributed by atoms with Crippen LogP contribution in [0.3, 0.4) is 0 Å². The fourth-order valence-corrected chi connectivity index (χ4v) is 15.4. The highest BCUT2D eigenvalue weighted by Gasteiger charge is 2.44. The van der Waals surface area contributed by atoms with Gasteiger partial charge in [-0.25, -0.2) is 39.9 Å². The van der Waals surface area contributed by atoms with E-state index < -0.39 is 0 Å². The quantitative estimate of drug-likeness (QED) is 0.103. The highest BCUT2D eigenvalue weighted by Crippen LogP contribution is 2.49. The number of anilines is 6. The van der Waals surface area contributed by atoms with Crippen LogP contribution < -0.4 is 26.2 Å². The molecule has 0 N–H and O–H groups in total. The maximum atomic E-state index is 5.75. The van der Waals surface area contributed by atoms with Gasteiger partial charge in [0.05, 0.1) is 33.8 Å². The molecule has 11 nitrogen and oxygen atoms in total. The van der Waals surface area contributed by atoms with E-state index in [1.54, 1.807) is 0 Å². The van der Waals surface area contributed by atoms with E-state index in [0.717, 1.165) is 123 Å². The summed E-state index contributed by atoms with van der Waals surface area (Å²) in [6.45, 7) is -0.0431. The summed E-state index contributed by atoms with van der Waals surface area (Å²) in [7, 11) is 0. The van der Waals surface area contributed by atoms with Crippen molar-refractivity contribution in [2.24, 2.45) is 0 Å². The smallest absolute Gasteiger partial charge is 0.252 e. The second kappa shape index (κ2) is 25.9. The van der Waals surface area contributed by atoms with Crippen molar-refractivity contribution in [1.82, 2.24) is 44.4 Å². The zero-order valence-electron chi connectivity index (χ0n) is 57.1. The fourth-order valence-electron chi connectivity index (χ4n) is 15.4. The normalized spacial score (nSPS) is 12.1. The summed E-state index contributed by atoms with van der Waals surface area (Å²) in [5.41, 5.74) is 24.9. The van der Waals surface area contributed by atoms with E-state index >= 15 is 0 Å². The van der Waals surface area contributed by atoms with Crippen LogP contribution in [-0.2, 0) is 0 Å². The Morgan fingerprint density at radius 1 is 0.217 bits per heavy atom. The van der Waals surface area contributed by atoms with Gasteiger partial charge >= 0.3 is 0 Å². The van der Waals surface area contributed by atoms with Crippen LogP contribution in [0.25, 0.3) is 141 Å². The second-order valence-corrected chi connectivity index (χ2v) is 26.6. The van der Waals surface area contributed by atoms with Crippen molar-refractivity contribution in [3.8, 4) is 119 Å². The van der Waals surface area contributed by atoms with E-state index in [2.05, 4.69) is 251 Å². The Morgan fingerprint density at radius 2 is 0.594 bits per heavy atom. The molecule has 0 unspecified atom stereocenters. The number of aromatic nitrogens is 9. The molecule has 0 saturated heterocycles. The van der Waals surface area contributed by atoms with E-state index in [1.807, 2.05) is 127 Å². The third-order valence-corrected chi connectivity index (χ3v) is 20.3. The first-order valence-electron chi connectivity index (χ1n) is 35.6. The molecule has 2 aliphatic rings. The Hall–Kier alpha value is -14.4. The van der Waals surface area contributed by atoms with Gasteiger partial charge in [-0.1, -0.05) is 273 Å². The average molecular weight is 1350 g/mol. The van der Waals surface area contributed by atoms with Crippen LogP contribution in [0.2, 0.25) is 0 Å². The van der Waals surface area contributed by atoms with Crippen LogP contribution in [0, 0.1) is 0 Å². The summed E-state index contributed by atoms with van der Waals surface area (Å²) in [6.07, 6.45) is 0. The summed E-state index contributed by atoms with van der Waals surface area (Å²) in [5.74, 6) is 3.97. The lowest BCUT2D eigenvalue weighted by Crippen LogP contribution is -2.61. The van der Waals surface area contributed by atoms with E-state index in [4.69, 9.17) is 39.9 Å². The Kier molecular flexibility index (Phi) is 15.0. The zero-order valence-corrected chi connectivity index (χ0v) is 57.1. The number of benzene rings is 14. The minimum Gasteiger partial charge on any atom is -0.311 e. The van der Waals surface area contributed by atoms with E-state index in [-0.39, 0.29) is 6.71 Å². The first-order chi connectivity index (χ1) is 52.6. The third kappa shape index (κ3) is 10.8. The molecule has 0 bridgehead atoms. The Balaban J connectivity index is 0.785. The predicted molar refractivity (Wildman–Crippen MR) is 432 cm³/mol. The molecule has 0 atom stereocenters. The number of rotatable bonds is 13. The Bertz CT molecular complexity index is 6260. The standard InChI is InChI=1S/C94H60BN11/c1-8-28-62(29-9-1)78-60-79(97-88(96-78)67-50-48-61(49-51-67)72-54-57-85-86-87(72)105(71-40-20-7-21-41-71)84-47-27-24-44-77(84)95(86)76-43-23-26-46-83(76)104(85)70-38-18-6-19-39-70)75-59-69(94-102-91(65-34-14-4-15-35-65)99-92(103-94)66-36-16-5-17-37-66)53-56-82(75)106-80-45-25-22-42-73(80)74-58-68(52-55-81(74)106)93-100-89(63-30-10-2-11-31-63)98-90(101-93)64-32-12-3-13-33-64/h1-60H. The maximum absolute atomic E-state index is 5.75.